The number of rotatable bonds is 2. The van der Waals surface area contributed by atoms with Crippen LogP contribution in [0.2, 0.25) is 0 Å². The van der Waals surface area contributed by atoms with Crippen molar-refractivity contribution in [1.29, 1.82) is 0 Å². The Kier molecular flexibility index (Phi) is 2.87. The molecule has 0 unspecified atom stereocenters. The number of benzene rings is 1. The van der Waals surface area contributed by atoms with Crippen molar-refractivity contribution in [3.05, 3.63) is 36.2 Å². The fraction of sp³-hybridized carbons (Fsp3) is 0.214. The summed E-state index contributed by atoms with van der Waals surface area (Å²) in [6.07, 6.45) is 1.66. The average molecular weight is 258 g/mol. The SMILES string of the molecule is Cc1ccc(Oc2cc3c(cc2N)OCCO3)cn1. The van der Waals surface area contributed by atoms with Crippen LogP contribution in [0.3, 0.4) is 0 Å². The summed E-state index contributed by atoms with van der Waals surface area (Å²) in [5.41, 5.74) is 7.38. The van der Waals surface area contributed by atoms with Gasteiger partial charge in [0.2, 0.25) is 0 Å². The zero-order valence-corrected chi connectivity index (χ0v) is 10.6. The fourth-order valence-electron chi connectivity index (χ4n) is 1.82. The van der Waals surface area contributed by atoms with Gasteiger partial charge in [0, 0.05) is 17.8 Å². The molecule has 5 nitrogen and oxygen atoms in total. The highest BCUT2D eigenvalue weighted by atomic mass is 16.6. The van der Waals surface area contributed by atoms with Crippen LogP contribution in [0.1, 0.15) is 5.69 Å². The number of aryl methyl sites for hydroxylation is 1. The van der Waals surface area contributed by atoms with Gasteiger partial charge in [-0.25, -0.2) is 0 Å². The maximum Gasteiger partial charge on any atom is 0.165 e. The van der Waals surface area contributed by atoms with Crippen molar-refractivity contribution in [2.75, 3.05) is 18.9 Å². The first kappa shape index (κ1) is 11.6. The van der Waals surface area contributed by atoms with E-state index in [1.807, 2.05) is 19.1 Å². The van der Waals surface area contributed by atoms with Crippen molar-refractivity contribution in [1.82, 2.24) is 4.98 Å². The zero-order chi connectivity index (χ0) is 13.2. The number of hydrogen-bond donors (Lipinski definition) is 1. The van der Waals surface area contributed by atoms with Crippen LogP contribution in [0, 0.1) is 6.92 Å². The van der Waals surface area contributed by atoms with E-state index in [2.05, 4.69) is 4.98 Å². The molecule has 3 rings (SSSR count). The summed E-state index contributed by atoms with van der Waals surface area (Å²) in [5.74, 6) is 2.47. The number of hydrogen-bond acceptors (Lipinski definition) is 5. The van der Waals surface area contributed by atoms with Crippen molar-refractivity contribution in [2.24, 2.45) is 0 Å². The molecule has 2 aromatic rings. The van der Waals surface area contributed by atoms with Gasteiger partial charge in [-0.2, -0.15) is 0 Å². The number of nitrogens with two attached hydrogens (primary N) is 1. The molecule has 0 aliphatic carbocycles. The minimum atomic E-state index is 0.504. The summed E-state index contributed by atoms with van der Waals surface area (Å²) >= 11 is 0. The van der Waals surface area contributed by atoms with Gasteiger partial charge in [0.1, 0.15) is 19.0 Å². The smallest absolute Gasteiger partial charge is 0.165 e. The fourth-order valence-corrected chi connectivity index (χ4v) is 1.82. The van der Waals surface area contributed by atoms with Gasteiger partial charge in [0.05, 0.1) is 11.9 Å². The highest BCUT2D eigenvalue weighted by molar-refractivity contribution is 5.63. The number of nitrogen functional groups attached to an aromatic ring is 1. The Balaban J connectivity index is 1.90. The van der Waals surface area contributed by atoms with Crippen LogP contribution in [-0.4, -0.2) is 18.2 Å². The molecule has 19 heavy (non-hydrogen) atoms. The predicted molar refractivity (Wildman–Crippen MR) is 70.9 cm³/mol. The second kappa shape index (κ2) is 4.68. The molecule has 2 N–H and O–H groups in total. The molecule has 0 bridgehead atoms. The van der Waals surface area contributed by atoms with Gasteiger partial charge in [0.15, 0.2) is 17.2 Å². The lowest BCUT2D eigenvalue weighted by atomic mass is 10.2. The molecule has 0 amide bonds. The highest BCUT2D eigenvalue weighted by Gasteiger charge is 2.15. The van der Waals surface area contributed by atoms with E-state index >= 15 is 0 Å². The number of aromatic nitrogens is 1. The Bertz CT molecular complexity index is 596. The van der Waals surface area contributed by atoms with Gasteiger partial charge in [-0.05, 0) is 19.1 Å². The van der Waals surface area contributed by atoms with Gasteiger partial charge < -0.3 is 19.9 Å². The summed E-state index contributed by atoms with van der Waals surface area (Å²) in [6.45, 7) is 2.99. The van der Waals surface area contributed by atoms with E-state index in [0.717, 1.165) is 5.69 Å². The van der Waals surface area contributed by atoms with Crippen LogP contribution in [-0.2, 0) is 0 Å². The quantitative estimate of drug-likeness (QED) is 0.838. The maximum atomic E-state index is 5.94. The summed E-state index contributed by atoms with van der Waals surface area (Å²) in [5, 5.41) is 0. The van der Waals surface area contributed by atoms with E-state index in [-0.39, 0.29) is 0 Å². The first-order valence-electron chi connectivity index (χ1n) is 6.02. The zero-order valence-electron chi connectivity index (χ0n) is 10.6. The highest BCUT2D eigenvalue weighted by Crippen LogP contribution is 2.39. The van der Waals surface area contributed by atoms with E-state index in [4.69, 9.17) is 19.9 Å². The lowest BCUT2D eigenvalue weighted by Gasteiger charge is -2.20. The van der Waals surface area contributed by atoms with Crippen molar-refractivity contribution in [3.8, 4) is 23.0 Å². The second-order valence-electron chi connectivity index (χ2n) is 4.27. The number of fused-ring (bicyclic) bond motifs is 1. The lowest BCUT2D eigenvalue weighted by molar-refractivity contribution is 0.171. The van der Waals surface area contributed by atoms with Crippen molar-refractivity contribution in [2.45, 2.75) is 6.92 Å². The molecule has 1 aliphatic rings. The van der Waals surface area contributed by atoms with Gasteiger partial charge >= 0.3 is 0 Å². The molecule has 0 saturated heterocycles. The normalized spacial score (nSPS) is 13.1. The van der Waals surface area contributed by atoms with E-state index < -0.39 is 0 Å². The first-order valence-corrected chi connectivity index (χ1v) is 6.02. The maximum absolute atomic E-state index is 5.94. The van der Waals surface area contributed by atoms with E-state index in [1.54, 1.807) is 18.3 Å². The number of nitrogens with zero attached hydrogens (tertiary/aromatic N) is 1. The van der Waals surface area contributed by atoms with E-state index in [1.165, 1.54) is 0 Å². The Morgan fingerprint density at radius 2 is 1.89 bits per heavy atom. The van der Waals surface area contributed by atoms with Crippen LogP contribution >= 0.6 is 0 Å². The molecule has 0 fully saturated rings. The van der Waals surface area contributed by atoms with E-state index in [9.17, 15) is 0 Å². The average Bonchev–Trinajstić information content (AvgIpc) is 2.42. The van der Waals surface area contributed by atoms with Crippen LogP contribution in [0.25, 0.3) is 0 Å². The predicted octanol–water partition coefficient (Wildman–Crippen LogP) is 2.54. The van der Waals surface area contributed by atoms with Crippen molar-refractivity contribution in [3.63, 3.8) is 0 Å². The standard InChI is InChI=1S/C14H14N2O3/c1-9-2-3-10(8-16-9)19-12-7-14-13(6-11(12)15)17-4-5-18-14/h2-3,6-8H,4-5,15H2,1H3. The Hall–Kier alpha value is -2.43. The molecular weight excluding hydrogens is 244 g/mol. The lowest BCUT2D eigenvalue weighted by Crippen LogP contribution is -2.15. The van der Waals surface area contributed by atoms with Gasteiger partial charge in [-0.15, -0.1) is 0 Å². The number of pyridine rings is 1. The van der Waals surface area contributed by atoms with Crippen LogP contribution < -0.4 is 19.9 Å². The topological polar surface area (TPSA) is 66.6 Å². The summed E-state index contributed by atoms with van der Waals surface area (Å²) < 4.78 is 16.7. The van der Waals surface area contributed by atoms with E-state index in [0.29, 0.717) is 41.9 Å². The largest absolute Gasteiger partial charge is 0.486 e. The molecule has 1 aliphatic heterocycles. The molecule has 1 aromatic heterocycles. The molecule has 1 aromatic carbocycles. The minimum absolute atomic E-state index is 0.504. The monoisotopic (exact) mass is 258 g/mol. The Morgan fingerprint density at radius 3 is 2.58 bits per heavy atom. The second-order valence-corrected chi connectivity index (χ2v) is 4.27. The first-order chi connectivity index (χ1) is 9.22. The number of anilines is 1. The molecule has 0 atom stereocenters. The molecule has 0 spiro atoms. The van der Waals surface area contributed by atoms with Crippen molar-refractivity contribution >= 4 is 5.69 Å². The van der Waals surface area contributed by atoms with Gasteiger partial charge in [-0.3, -0.25) is 4.98 Å². The minimum Gasteiger partial charge on any atom is -0.486 e. The van der Waals surface area contributed by atoms with Crippen LogP contribution in [0.4, 0.5) is 5.69 Å². The summed E-state index contributed by atoms with van der Waals surface area (Å²) in [4.78, 5) is 4.17. The summed E-state index contributed by atoms with van der Waals surface area (Å²) in [7, 11) is 0. The third-order valence-electron chi connectivity index (χ3n) is 2.79. The summed E-state index contributed by atoms with van der Waals surface area (Å²) in [6, 6.07) is 7.18. The van der Waals surface area contributed by atoms with Crippen molar-refractivity contribution < 1.29 is 14.2 Å². The molecule has 5 heteroatoms. The molecule has 0 saturated carbocycles. The van der Waals surface area contributed by atoms with Crippen LogP contribution in [0.5, 0.6) is 23.0 Å². The molecular formula is C14H14N2O3. The van der Waals surface area contributed by atoms with Gasteiger partial charge in [-0.1, -0.05) is 0 Å². The van der Waals surface area contributed by atoms with Gasteiger partial charge in [0.25, 0.3) is 0 Å². The van der Waals surface area contributed by atoms with Crippen LogP contribution in [0.15, 0.2) is 30.5 Å². The molecule has 2 heterocycles. The Labute approximate surface area is 110 Å². The third-order valence-corrected chi connectivity index (χ3v) is 2.79. The molecule has 0 radical (unpaired) electrons. The third kappa shape index (κ3) is 2.40. The Morgan fingerprint density at radius 1 is 1.16 bits per heavy atom. The number of ether oxygens (including phenoxy) is 3. The molecule has 98 valence electrons.